The highest BCUT2D eigenvalue weighted by Gasteiger charge is 2.51. The minimum absolute atomic E-state index is 0.0372. The molecule has 0 radical (unpaired) electrons. The van der Waals surface area contributed by atoms with Crippen LogP contribution in [-0.4, -0.2) is 115 Å². The maximum Gasteiger partial charge on any atom is 0.417 e. The zero-order valence-electron chi connectivity index (χ0n) is 28.1. The van der Waals surface area contributed by atoms with Crippen molar-refractivity contribution in [3.05, 3.63) is 46.9 Å². The first-order chi connectivity index (χ1) is 22.4. The molecule has 1 aromatic carbocycles. The van der Waals surface area contributed by atoms with Crippen LogP contribution < -0.4 is 15.1 Å². The largest absolute Gasteiger partial charge is 0.444 e. The number of nitrogens with zero attached hydrogens (tertiary/aromatic N) is 7. The summed E-state index contributed by atoms with van der Waals surface area (Å²) in [5.41, 5.74) is -2.02. The molecular weight excluding hydrogens is 632 g/mol. The highest BCUT2D eigenvalue weighted by atomic mass is 19.4. The molecule has 11 nitrogen and oxygen atoms in total. The van der Waals surface area contributed by atoms with Crippen LogP contribution in [0.15, 0.2) is 24.3 Å². The fourth-order valence-corrected chi connectivity index (χ4v) is 6.66. The number of likely N-dealkylation sites (tertiary alicyclic amines) is 1. The van der Waals surface area contributed by atoms with Gasteiger partial charge in [-0.15, -0.1) is 0 Å². The van der Waals surface area contributed by atoms with E-state index in [1.165, 1.54) is 31.0 Å². The molecule has 1 spiro atoms. The Balaban J connectivity index is 1.34. The van der Waals surface area contributed by atoms with Crippen LogP contribution in [-0.2, 0) is 15.7 Å². The molecule has 1 atom stereocenters. The number of hydrogen-bond acceptors (Lipinski definition) is 9. The minimum Gasteiger partial charge on any atom is -0.444 e. The number of anilines is 3. The molecule has 0 bridgehead atoms. The van der Waals surface area contributed by atoms with Gasteiger partial charge in [0.05, 0.1) is 22.5 Å². The lowest BCUT2D eigenvalue weighted by molar-refractivity contribution is -0.137. The zero-order chi connectivity index (χ0) is 35.2. The lowest BCUT2D eigenvalue weighted by Crippen LogP contribution is -2.77. The third-order valence-electron chi connectivity index (χ3n) is 9.22. The fourth-order valence-electron chi connectivity index (χ4n) is 6.66. The van der Waals surface area contributed by atoms with Crippen molar-refractivity contribution in [3.63, 3.8) is 0 Å². The van der Waals surface area contributed by atoms with Gasteiger partial charge in [-0.1, -0.05) is 6.07 Å². The number of fused-ring (bicyclic) bond motifs is 1. The Kier molecular flexibility index (Phi) is 9.55. The van der Waals surface area contributed by atoms with E-state index in [9.17, 15) is 28.0 Å². The van der Waals surface area contributed by atoms with E-state index in [4.69, 9.17) is 4.74 Å². The smallest absolute Gasteiger partial charge is 0.417 e. The molecule has 0 saturated carbocycles. The van der Waals surface area contributed by atoms with Crippen molar-refractivity contribution < 1.29 is 31.9 Å². The van der Waals surface area contributed by atoms with Gasteiger partial charge in [-0.05, 0) is 59.4 Å². The third-order valence-corrected chi connectivity index (χ3v) is 9.22. The van der Waals surface area contributed by atoms with E-state index in [0.717, 1.165) is 19.2 Å². The molecule has 0 aliphatic carbocycles. The van der Waals surface area contributed by atoms with Crippen LogP contribution in [0.25, 0.3) is 0 Å². The Morgan fingerprint density at radius 3 is 2.48 bits per heavy atom. The number of aryl methyl sites for hydroxylation is 1. The number of piperazine rings is 1. The summed E-state index contributed by atoms with van der Waals surface area (Å²) in [5, 5.41) is 12.5. The fraction of sp³-hybridized carbons (Fsp3) is 0.576. The first-order valence-corrected chi connectivity index (χ1v) is 15.9. The Morgan fingerprint density at radius 2 is 1.83 bits per heavy atom. The maximum atomic E-state index is 15.5. The minimum atomic E-state index is -4.79. The summed E-state index contributed by atoms with van der Waals surface area (Å²) in [5.74, 6) is -1.32. The highest BCUT2D eigenvalue weighted by molar-refractivity contribution is 6.01. The van der Waals surface area contributed by atoms with Gasteiger partial charge in [0.15, 0.2) is 0 Å². The second-order valence-electron chi connectivity index (χ2n) is 13.9. The van der Waals surface area contributed by atoms with E-state index in [-0.39, 0.29) is 41.8 Å². The summed E-state index contributed by atoms with van der Waals surface area (Å²) in [6.45, 7) is 11.4. The van der Waals surface area contributed by atoms with Gasteiger partial charge in [-0.25, -0.2) is 14.2 Å². The maximum absolute atomic E-state index is 15.5. The summed E-state index contributed by atoms with van der Waals surface area (Å²) in [4.78, 5) is 39.9. The first kappa shape index (κ1) is 35.2. The zero-order valence-corrected chi connectivity index (χ0v) is 28.1. The highest BCUT2D eigenvalue weighted by Crippen LogP contribution is 2.38. The average molecular weight is 675 g/mol. The Labute approximate surface area is 278 Å². The Hall–Kier alpha value is -4.16. The summed E-state index contributed by atoms with van der Waals surface area (Å²) >= 11 is 0. The number of aromatic nitrogens is 1. The number of likely N-dealkylation sites (N-methyl/N-ethyl adjacent to an activating group) is 2. The van der Waals surface area contributed by atoms with E-state index in [0.29, 0.717) is 38.4 Å². The van der Waals surface area contributed by atoms with Gasteiger partial charge in [0.2, 0.25) is 5.91 Å². The molecule has 3 aliphatic rings. The molecule has 0 unspecified atom stereocenters. The summed E-state index contributed by atoms with van der Waals surface area (Å²) < 4.78 is 62.4. The molecule has 3 aliphatic heterocycles. The molecular formula is C33H42F4N8O3. The van der Waals surface area contributed by atoms with Crippen molar-refractivity contribution >= 4 is 29.2 Å². The van der Waals surface area contributed by atoms with Crippen LogP contribution in [0.2, 0.25) is 0 Å². The Morgan fingerprint density at radius 1 is 1.12 bits per heavy atom. The van der Waals surface area contributed by atoms with E-state index >= 15 is 4.39 Å². The molecule has 260 valence electrons. The lowest BCUT2D eigenvalue weighted by Gasteiger charge is -2.58. The third kappa shape index (κ3) is 7.14. The van der Waals surface area contributed by atoms with Crippen LogP contribution in [0.1, 0.15) is 44.0 Å². The average Bonchev–Trinajstić information content (AvgIpc) is 2.97. The molecule has 5 rings (SSSR count). The number of nitrogens with one attached hydrogen (secondary N) is 1. The van der Waals surface area contributed by atoms with Crippen molar-refractivity contribution in [2.75, 3.05) is 81.6 Å². The second kappa shape index (κ2) is 13.0. The van der Waals surface area contributed by atoms with Crippen LogP contribution in [0, 0.1) is 24.1 Å². The van der Waals surface area contributed by atoms with Crippen LogP contribution in [0.5, 0.6) is 0 Å². The number of carbonyl (C=O) groups excluding carboxylic acids is 2. The number of carbonyl (C=O) groups is 2. The van der Waals surface area contributed by atoms with Crippen molar-refractivity contribution in [1.29, 1.82) is 5.26 Å². The standard InChI is InChI=1S/C33H42F4N8O3/c1-21-16-23(33(35,36)37)22(17-38)28(39-21)40-25-10-11-44(27-24(34)8-7-9-26(27)42(6)29(25)46)15-14-43-13-12-41(5)32(18-43)19-45(20-32)30(47)48-31(2,3)4/h7-9,16,25H,10-15,18-20H2,1-6H3,(H,39,40)/t25-/m0/s1. The van der Waals surface area contributed by atoms with Gasteiger partial charge < -0.3 is 24.8 Å². The topological polar surface area (TPSA) is 108 Å². The normalized spacial score (nSPS) is 20.5. The van der Waals surface area contributed by atoms with Crippen LogP contribution in [0.4, 0.5) is 39.5 Å². The lowest BCUT2D eigenvalue weighted by atomic mass is 9.86. The summed E-state index contributed by atoms with van der Waals surface area (Å²) in [6.07, 6.45) is -5.03. The van der Waals surface area contributed by atoms with Gasteiger partial charge in [0.25, 0.3) is 0 Å². The monoisotopic (exact) mass is 674 g/mol. The number of nitriles is 1. The van der Waals surface area contributed by atoms with Crippen molar-refractivity contribution in [3.8, 4) is 6.07 Å². The van der Waals surface area contributed by atoms with Crippen molar-refractivity contribution in [1.82, 2.24) is 19.7 Å². The van der Waals surface area contributed by atoms with E-state index < -0.39 is 40.7 Å². The van der Waals surface area contributed by atoms with Gasteiger partial charge >= 0.3 is 12.3 Å². The molecule has 1 aromatic heterocycles. The van der Waals surface area contributed by atoms with E-state index in [1.54, 1.807) is 17.0 Å². The van der Waals surface area contributed by atoms with Gasteiger partial charge in [0, 0.05) is 65.1 Å². The SMILES string of the molecule is Cc1cc(C(F)(F)F)c(C#N)c(N[C@H]2CCN(CCN3CCN(C)C4(C3)CN(C(=O)OC(C)(C)C)C4)c3c(F)cccc3N(C)C2=O)n1. The first-order valence-electron chi connectivity index (χ1n) is 15.9. The number of ether oxygens (including phenoxy) is 1. The number of amides is 2. The van der Waals surface area contributed by atoms with Crippen molar-refractivity contribution in [2.24, 2.45) is 0 Å². The molecule has 2 fully saturated rings. The van der Waals surface area contributed by atoms with E-state index in [1.807, 2.05) is 32.7 Å². The molecule has 48 heavy (non-hydrogen) atoms. The van der Waals surface area contributed by atoms with Gasteiger partial charge in [-0.3, -0.25) is 14.6 Å². The summed E-state index contributed by atoms with van der Waals surface area (Å²) in [7, 11) is 3.54. The summed E-state index contributed by atoms with van der Waals surface area (Å²) in [6, 6.07) is 5.82. The number of rotatable bonds is 5. The number of hydrogen-bond donors (Lipinski definition) is 1. The van der Waals surface area contributed by atoms with E-state index in [2.05, 4.69) is 20.1 Å². The number of pyridine rings is 1. The molecule has 2 amide bonds. The molecule has 2 aromatic rings. The number of halogens is 4. The number of para-hydroxylation sites is 1. The molecule has 2 saturated heterocycles. The number of alkyl halides is 3. The van der Waals surface area contributed by atoms with Crippen LogP contribution in [0.3, 0.4) is 0 Å². The Bertz CT molecular complexity index is 1600. The quantitative estimate of drug-likeness (QED) is 0.465. The number of benzene rings is 1. The van der Waals surface area contributed by atoms with Crippen LogP contribution >= 0.6 is 0 Å². The van der Waals surface area contributed by atoms with Gasteiger partial charge in [-0.2, -0.15) is 18.4 Å². The molecule has 1 N–H and O–H groups in total. The molecule has 4 heterocycles. The molecule has 15 heteroatoms. The van der Waals surface area contributed by atoms with Gasteiger partial charge in [0.1, 0.15) is 34.9 Å². The van der Waals surface area contributed by atoms with Crippen molar-refractivity contribution in [2.45, 2.75) is 57.5 Å². The second-order valence-corrected chi connectivity index (χ2v) is 13.9. The predicted molar refractivity (Wildman–Crippen MR) is 172 cm³/mol. The predicted octanol–water partition coefficient (Wildman–Crippen LogP) is 4.31.